The fraction of sp³-hybridized carbons (Fsp3) is 0.118. The normalized spacial score (nSPS) is 11.6. The van der Waals surface area contributed by atoms with E-state index in [0.29, 0.717) is 12.3 Å². The van der Waals surface area contributed by atoms with Gasteiger partial charge in [0.25, 0.3) is 0 Å². The summed E-state index contributed by atoms with van der Waals surface area (Å²) in [6, 6.07) is 12.3. The van der Waals surface area contributed by atoms with Crippen LogP contribution in [0.25, 0.3) is 21.7 Å². The van der Waals surface area contributed by atoms with Gasteiger partial charge in [-0.25, -0.2) is 22.9 Å². The van der Waals surface area contributed by atoms with E-state index in [1.807, 2.05) is 0 Å². The van der Waals surface area contributed by atoms with Gasteiger partial charge in [-0.1, -0.05) is 24.3 Å². The molecule has 0 fully saturated rings. The molecule has 0 aliphatic heterocycles. The maximum Gasteiger partial charge on any atom is 0.238 e. The molecule has 0 bridgehead atoms. The molecule has 0 unspecified atom stereocenters. The average Bonchev–Trinajstić information content (AvgIpc) is 2.99. The van der Waals surface area contributed by atoms with E-state index in [1.54, 1.807) is 31.4 Å². The number of thiazole rings is 1. The first-order chi connectivity index (χ1) is 11.9. The number of nitrogens with zero attached hydrogens (tertiary/aromatic N) is 1. The molecule has 0 radical (unpaired) electrons. The molecule has 0 saturated heterocycles. The Hall–Kier alpha value is -2.13. The first-order valence-electron chi connectivity index (χ1n) is 7.26. The first-order valence-corrected chi connectivity index (χ1v) is 9.62. The predicted octanol–water partition coefficient (Wildman–Crippen LogP) is 3.41. The zero-order valence-electron chi connectivity index (χ0n) is 13.3. The minimum absolute atomic E-state index is 0.0342. The predicted molar refractivity (Wildman–Crippen MR) is 95.0 cm³/mol. The van der Waals surface area contributed by atoms with Crippen LogP contribution in [-0.4, -0.2) is 20.5 Å². The number of nitrogens with two attached hydrogens (primary N) is 1. The first kappa shape index (κ1) is 17.7. The molecule has 1 heterocycles. The van der Waals surface area contributed by atoms with Crippen molar-refractivity contribution in [3.8, 4) is 21.7 Å². The van der Waals surface area contributed by atoms with Gasteiger partial charge in [0.15, 0.2) is 0 Å². The number of sulfonamides is 1. The summed E-state index contributed by atoms with van der Waals surface area (Å²) in [6.45, 7) is 0.355. The second-order valence-electron chi connectivity index (χ2n) is 5.29. The average molecular weight is 378 g/mol. The molecule has 0 aliphatic rings. The molecule has 3 rings (SSSR count). The summed E-state index contributed by atoms with van der Waals surface area (Å²) in [5, 5.41) is 5.90. The van der Waals surface area contributed by atoms with Gasteiger partial charge in [-0.05, 0) is 29.8 Å². The fourth-order valence-corrected chi connectivity index (χ4v) is 3.92. The van der Waals surface area contributed by atoms with Crippen molar-refractivity contribution in [1.82, 2.24) is 4.98 Å². The number of methoxy groups -OCH3 is 1. The number of primary sulfonamides is 1. The molecule has 2 aromatic carbocycles. The summed E-state index contributed by atoms with van der Waals surface area (Å²) in [7, 11) is -2.17. The zero-order chi connectivity index (χ0) is 18.0. The summed E-state index contributed by atoms with van der Waals surface area (Å²) >= 11 is 1.45. The van der Waals surface area contributed by atoms with Crippen LogP contribution in [0.2, 0.25) is 0 Å². The molecular formula is C17H15FN2O3S2. The molecule has 5 nitrogen and oxygen atoms in total. The van der Waals surface area contributed by atoms with Crippen molar-refractivity contribution in [1.29, 1.82) is 0 Å². The van der Waals surface area contributed by atoms with Crippen LogP contribution in [0.3, 0.4) is 0 Å². The number of hydrogen-bond acceptors (Lipinski definition) is 5. The third kappa shape index (κ3) is 3.93. The maximum atomic E-state index is 13.2. The Morgan fingerprint density at radius 2 is 1.68 bits per heavy atom. The smallest absolute Gasteiger partial charge is 0.238 e. The van der Waals surface area contributed by atoms with E-state index < -0.39 is 10.0 Å². The standard InChI is InChI=1S/C17H15FN2O3S2/c1-23-10-15-20-16(11-4-8-14(9-5-11)25(19,21)22)17(24-15)12-2-6-13(18)7-3-12/h2-9H,10H2,1H3,(H2,19,21,22). The summed E-state index contributed by atoms with van der Waals surface area (Å²) in [5.41, 5.74) is 2.25. The van der Waals surface area contributed by atoms with E-state index >= 15 is 0 Å². The molecule has 3 aromatic rings. The number of rotatable bonds is 5. The van der Waals surface area contributed by atoms with Crippen molar-refractivity contribution < 1.29 is 17.5 Å². The van der Waals surface area contributed by atoms with E-state index in [0.717, 1.165) is 21.0 Å². The van der Waals surface area contributed by atoms with Crippen LogP contribution in [0.1, 0.15) is 5.01 Å². The van der Waals surface area contributed by atoms with Crippen LogP contribution in [0.5, 0.6) is 0 Å². The number of halogens is 1. The van der Waals surface area contributed by atoms with Crippen molar-refractivity contribution >= 4 is 21.4 Å². The highest BCUT2D eigenvalue weighted by Gasteiger charge is 2.16. The van der Waals surface area contributed by atoms with Crippen molar-refractivity contribution in [3.63, 3.8) is 0 Å². The molecule has 1 aromatic heterocycles. The van der Waals surface area contributed by atoms with E-state index in [1.165, 1.54) is 35.6 Å². The Labute approximate surface area is 149 Å². The van der Waals surface area contributed by atoms with Crippen LogP contribution in [0.15, 0.2) is 53.4 Å². The van der Waals surface area contributed by atoms with Crippen LogP contribution in [0.4, 0.5) is 4.39 Å². The Morgan fingerprint density at radius 1 is 1.08 bits per heavy atom. The van der Waals surface area contributed by atoms with E-state index in [2.05, 4.69) is 4.98 Å². The summed E-state index contributed by atoms with van der Waals surface area (Å²) < 4.78 is 41.2. The summed E-state index contributed by atoms with van der Waals surface area (Å²) in [6.07, 6.45) is 0. The van der Waals surface area contributed by atoms with Gasteiger partial charge < -0.3 is 4.74 Å². The van der Waals surface area contributed by atoms with E-state index in [4.69, 9.17) is 9.88 Å². The Kier molecular flexibility index (Phi) is 4.96. The van der Waals surface area contributed by atoms with Gasteiger partial charge in [0.2, 0.25) is 10.0 Å². The van der Waals surface area contributed by atoms with Gasteiger partial charge >= 0.3 is 0 Å². The van der Waals surface area contributed by atoms with Crippen molar-refractivity contribution in [2.75, 3.05) is 7.11 Å². The second kappa shape index (κ2) is 7.01. The van der Waals surface area contributed by atoms with Crippen LogP contribution in [0, 0.1) is 5.82 Å². The molecule has 2 N–H and O–H groups in total. The van der Waals surface area contributed by atoms with Crippen LogP contribution < -0.4 is 5.14 Å². The molecular weight excluding hydrogens is 363 g/mol. The van der Waals surface area contributed by atoms with E-state index in [-0.39, 0.29) is 10.7 Å². The lowest BCUT2D eigenvalue weighted by atomic mass is 10.1. The second-order valence-corrected chi connectivity index (χ2v) is 7.94. The van der Waals surface area contributed by atoms with Gasteiger partial charge in [-0.2, -0.15) is 0 Å². The number of ether oxygens (including phenoxy) is 1. The van der Waals surface area contributed by atoms with Crippen molar-refractivity contribution in [2.24, 2.45) is 5.14 Å². The third-order valence-corrected chi connectivity index (χ3v) is 5.51. The number of benzene rings is 2. The van der Waals surface area contributed by atoms with Gasteiger partial charge in [0.05, 0.1) is 22.1 Å². The third-order valence-electron chi connectivity index (χ3n) is 3.50. The topological polar surface area (TPSA) is 82.3 Å². The lowest BCUT2D eigenvalue weighted by Crippen LogP contribution is -2.11. The zero-order valence-corrected chi connectivity index (χ0v) is 14.9. The molecule has 0 aliphatic carbocycles. The highest BCUT2D eigenvalue weighted by atomic mass is 32.2. The molecule has 0 spiro atoms. The lowest BCUT2D eigenvalue weighted by molar-refractivity contribution is 0.184. The number of hydrogen-bond donors (Lipinski definition) is 1. The maximum absolute atomic E-state index is 13.2. The Bertz CT molecular complexity index is 982. The quantitative estimate of drug-likeness (QED) is 0.738. The molecule has 0 saturated carbocycles. The van der Waals surface area contributed by atoms with Gasteiger partial charge in [0.1, 0.15) is 10.8 Å². The fourth-order valence-electron chi connectivity index (χ4n) is 2.34. The number of aromatic nitrogens is 1. The summed E-state index contributed by atoms with van der Waals surface area (Å²) in [5.74, 6) is -0.315. The summed E-state index contributed by atoms with van der Waals surface area (Å²) in [4.78, 5) is 5.47. The minimum Gasteiger partial charge on any atom is -0.378 e. The SMILES string of the molecule is COCc1nc(-c2ccc(S(N)(=O)=O)cc2)c(-c2ccc(F)cc2)s1. The minimum atomic E-state index is -3.75. The highest BCUT2D eigenvalue weighted by Crippen LogP contribution is 2.37. The van der Waals surface area contributed by atoms with Crippen molar-refractivity contribution in [2.45, 2.75) is 11.5 Å². The monoisotopic (exact) mass is 378 g/mol. The molecule has 25 heavy (non-hydrogen) atoms. The lowest BCUT2D eigenvalue weighted by Gasteiger charge is -2.04. The molecule has 0 amide bonds. The highest BCUT2D eigenvalue weighted by molar-refractivity contribution is 7.89. The molecule has 130 valence electrons. The van der Waals surface area contributed by atoms with Gasteiger partial charge in [0, 0.05) is 12.7 Å². The van der Waals surface area contributed by atoms with Gasteiger partial charge in [-0.15, -0.1) is 11.3 Å². The Balaban J connectivity index is 2.09. The Morgan fingerprint density at radius 3 is 2.24 bits per heavy atom. The molecule has 8 heteroatoms. The van der Waals surface area contributed by atoms with E-state index in [9.17, 15) is 12.8 Å². The van der Waals surface area contributed by atoms with Gasteiger partial charge in [-0.3, -0.25) is 0 Å². The van der Waals surface area contributed by atoms with Crippen LogP contribution >= 0.6 is 11.3 Å². The van der Waals surface area contributed by atoms with Crippen molar-refractivity contribution in [3.05, 3.63) is 59.4 Å². The molecule has 0 atom stereocenters. The van der Waals surface area contributed by atoms with Crippen LogP contribution in [-0.2, 0) is 21.4 Å². The largest absolute Gasteiger partial charge is 0.378 e.